The first kappa shape index (κ1) is 28.1. The van der Waals surface area contributed by atoms with E-state index in [1.165, 1.54) is 75.5 Å². The van der Waals surface area contributed by atoms with Crippen molar-refractivity contribution in [1.82, 2.24) is 10.2 Å². The molecule has 0 aliphatic rings. The Morgan fingerprint density at radius 1 is 0.828 bits per heavy atom. The number of aliphatic hydroxyl groups excluding tert-OH is 2. The van der Waals surface area contributed by atoms with Crippen molar-refractivity contribution in [2.75, 3.05) is 13.1 Å². The standard InChI is InChI=1S/C24H48N2O3/c1-4-5-6-7-8-9-10-11-12-13-14-15-16-17-18-19-24(29)25-20-21-26(22(2)27)23(3)28/h11-12,22-23,27-28H,4-10,13-21H2,1-3H3,(H,25,29)/b12-11-. The Morgan fingerprint density at radius 3 is 1.83 bits per heavy atom. The fourth-order valence-electron chi connectivity index (χ4n) is 3.45. The molecule has 0 saturated heterocycles. The van der Waals surface area contributed by atoms with Gasteiger partial charge in [-0.1, -0.05) is 70.4 Å². The second kappa shape index (κ2) is 20.4. The molecule has 0 radical (unpaired) electrons. The molecule has 0 saturated carbocycles. The number of rotatable bonds is 20. The molecule has 5 heteroatoms. The van der Waals surface area contributed by atoms with Gasteiger partial charge in [0.1, 0.15) is 12.5 Å². The highest BCUT2D eigenvalue weighted by Gasteiger charge is 2.15. The topological polar surface area (TPSA) is 72.8 Å². The fraction of sp³-hybridized carbons (Fsp3) is 0.875. The van der Waals surface area contributed by atoms with Crippen LogP contribution in [0.5, 0.6) is 0 Å². The lowest BCUT2D eigenvalue weighted by molar-refractivity contribution is -0.122. The molecule has 0 heterocycles. The molecular weight excluding hydrogens is 364 g/mol. The molecule has 0 aromatic rings. The van der Waals surface area contributed by atoms with E-state index in [-0.39, 0.29) is 5.91 Å². The first-order valence-corrected chi connectivity index (χ1v) is 12.0. The molecule has 2 unspecified atom stereocenters. The maximum Gasteiger partial charge on any atom is 0.220 e. The lowest BCUT2D eigenvalue weighted by Gasteiger charge is -2.27. The van der Waals surface area contributed by atoms with E-state index in [0.29, 0.717) is 19.5 Å². The van der Waals surface area contributed by atoms with Crippen LogP contribution in [-0.2, 0) is 4.79 Å². The average molecular weight is 413 g/mol. The van der Waals surface area contributed by atoms with Gasteiger partial charge >= 0.3 is 0 Å². The molecular formula is C24H48N2O3. The van der Waals surface area contributed by atoms with Crippen molar-refractivity contribution in [3.63, 3.8) is 0 Å². The van der Waals surface area contributed by atoms with Gasteiger partial charge < -0.3 is 15.5 Å². The lowest BCUT2D eigenvalue weighted by Crippen LogP contribution is -2.44. The van der Waals surface area contributed by atoms with Gasteiger partial charge in [0.2, 0.25) is 5.91 Å². The van der Waals surface area contributed by atoms with Crippen LogP contribution in [0.2, 0.25) is 0 Å². The number of nitrogens with zero attached hydrogens (tertiary/aromatic N) is 1. The van der Waals surface area contributed by atoms with Crippen molar-refractivity contribution in [2.24, 2.45) is 0 Å². The summed E-state index contributed by atoms with van der Waals surface area (Å²) in [4.78, 5) is 13.4. The number of hydrogen-bond donors (Lipinski definition) is 3. The molecule has 0 aliphatic carbocycles. The molecule has 1 amide bonds. The average Bonchev–Trinajstić information content (AvgIpc) is 2.67. The van der Waals surface area contributed by atoms with Crippen LogP contribution in [0.15, 0.2) is 12.2 Å². The van der Waals surface area contributed by atoms with Crippen LogP contribution >= 0.6 is 0 Å². The van der Waals surface area contributed by atoms with Crippen LogP contribution in [0.1, 0.15) is 111 Å². The van der Waals surface area contributed by atoms with Crippen LogP contribution in [0, 0.1) is 0 Å². The summed E-state index contributed by atoms with van der Waals surface area (Å²) in [5.41, 5.74) is 0. The van der Waals surface area contributed by atoms with Gasteiger partial charge in [-0.2, -0.15) is 0 Å². The highest BCUT2D eigenvalue weighted by atomic mass is 16.3. The fourth-order valence-corrected chi connectivity index (χ4v) is 3.45. The highest BCUT2D eigenvalue weighted by molar-refractivity contribution is 5.75. The maximum absolute atomic E-state index is 11.8. The molecule has 5 nitrogen and oxygen atoms in total. The zero-order valence-electron chi connectivity index (χ0n) is 19.4. The Morgan fingerprint density at radius 2 is 1.31 bits per heavy atom. The number of carbonyl (C=O) groups is 1. The quantitative estimate of drug-likeness (QED) is 0.147. The van der Waals surface area contributed by atoms with Crippen LogP contribution in [-0.4, -0.2) is 46.6 Å². The SMILES string of the molecule is CCCCCCCC/C=C\CCCCCCCC(=O)NCCN(C(C)O)C(C)O. The first-order chi connectivity index (χ1) is 14.0. The maximum atomic E-state index is 11.8. The molecule has 0 rings (SSSR count). The molecule has 29 heavy (non-hydrogen) atoms. The third-order valence-corrected chi connectivity index (χ3v) is 5.32. The van der Waals surface area contributed by atoms with Crippen LogP contribution in [0.3, 0.4) is 0 Å². The third-order valence-electron chi connectivity index (χ3n) is 5.32. The van der Waals surface area contributed by atoms with Crippen molar-refractivity contribution in [3.8, 4) is 0 Å². The Bertz CT molecular complexity index is 390. The molecule has 0 aromatic heterocycles. The molecule has 0 aromatic carbocycles. The second-order valence-electron chi connectivity index (χ2n) is 8.19. The second-order valence-corrected chi connectivity index (χ2v) is 8.19. The third kappa shape index (κ3) is 18.8. The molecule has 0 aliphatic heterocycles. The van der Waals surface area contributed by atoms with Crippen LogP contribution < -0.4 is 5.32 Å². The minimum Gasteiger partial charge on any atom is -0.379 e. The number of hydrogen-bond acceptors (Lipinski definition) is 4. The van der Waals surface area contributed by atoms with Gasteiger partial charge in [0.05, 0.1) is 0 Å². The van der Waals surface area contributed by atoms with Crippen molar-refractivity contribution in [1.29, 1.82) is 0 Å². The van der Waals surface area contributed by atoms with E-state index < -0.39 is 12.5 Å². The van der Waals surface area contributed by atoms with Gasteiger partial charge in [0.15, 0.2) is 0 Å². The Hall–Kier alpha value is -0.910. The Labute approximate surface area is 180 Å². The predicted octanol–water partition coefficient (Wildman–Crippen LogP) is 5.12. The monoisotopic (exact) mass is 412 g/mol. The zero-order valence-corrected chi connectivity index (χ0v) is 19.4. The number of amides is 1. The minimum absolute atomic E-state index is 0.0544. The van der Waals surface area contributed by atoms with E-state index in [1.807, 2.05) is 0 Å². The first-order valence-electron chi connectivity index (χ1n) is 12.0. The number of carbonyl (C=O) groups excluding carboxylic acids is 1. The van der Waals surface area contributed by atoms with E-state index in [1.54, 1.807) is 13.8 Å². The summed E-state index contributed by atoms with van der Waals surface area (Å²) in [7, 11) is 0. The molecule has 0 bridgehead atoms. The lowest BCUT2D eigenvalue weighted by atomic mass is 10.1. The minimum atomic E-state index is -0.725. The van der Waals surface area contributed by atoms with Gasteiger partial charge in [0.25, 0.3) is 0 Å². The molecule has 172 valence electrons. The summed E-state index contributed by atoms with van der Waals surface area (Å²) < 4.78 is 0. The van der Waals surface area contributed by atoms with Gasteiger partial charge in [-0.25, -0.2) is 0 Å². The molecule has 0 fully saturated rings. The van der Waals surface area contributed by atoms with Gasteiger partial charge in [0, 0.05) is 19.5 Å². The summed E-state index contributed by atoms with van der Waals surface area (Å²) >= 11 is 0. The summed E-state index contributed by atoms with van der Waals surface area (Å²) in [6.45, 7) is 6.36. The van der Waals surface area contributed by atoms with Crippen LogP contribution in [0.25, 0.3) is 0 Å². The Kier molecular flexibility index (Phi) is 19.7. The van der Waals surface area contributed by atoms with Crippen molar-refractivity contribution < 1.29 is 15.0 Å². The summed E-state index contributed by atoms with van der Waals surface area (Å²) in [6.07, 6.45) is 20.1. The van der Waals surface area contributed by atoms with Gasteiger partial charge in [-0.3, -0.25) is 9.69 Å². The van der Waals surface area contributed by atoms with Crippen LogP contribution in [0.4, 0.5) is 0 Å². The molecule has 0 spiro atoms. The normalized spacial score (nSPS) is 13.9. The highest BCUT2D eigenvalue weighted by Crippen LogP contribution is 2.10. The van der Waals surface area contributed by atoms with Crippen molar-refractivity contribution in [3.05, 3.63) is 12.2 Å². The van der Waals surface area contributed by atoms with E-state index in [0.717, 1.165) is 12.8 Å². The number of unbranched alkanes of at least 4 members (excludes halogenated alkanes) is 11. The van der Waals surface area contributed by atoms with E-state index in [2.05, 4.69) is 24.4 Å². The van der Waals surface area contributed by atoms with Crippen molar-refractivity contribution in [2.45, 2.75) is 123 Å². The largest absolute Gasteiger partial charge is 0.379 e. The van der Waals surface area contributed by atoms with E-state index in [4.69, 9.17) is 0 Å². The molecule has 2 atom stereocenters. The van der Waals surface area contributed by atoms with E-state index >= 15 is 0 Å². The summed E-state index contributed by atoms with van der Waals surface area (Å²) in [5.74, 6) is 0.0544. The van der Waals surface area contributed by atoms with E-state index in [9.17, 15) is 15.0 Å². The number of nitrogens with one attached hydrogen (secondary N) is 1. The zero-order chi connectivity index (χ0) is 21.7. The number of allylic oxidation sites excluding steroid dienone is 2. The van der Waals surface area contributed by atoms with Gasteiger partial charge in [-0.05, 0) is 46.0 Å². The smallest absolute Gasteiger partial charge is 0.220 e. The summed E-state index contributed by atoms with van der Waals surface area (Å²) in [6, 6.07) is 0. The van der Waals surface area contributed by atoms with Gasteiger partial charge in [-0.15, -0.1) is 0 Å². The molecule has 3 N–H and O–H groups in total. The van der Waals surface area contributed by atoms with Crippen molar-refractivity contribution >= 4 is 5.91 Å². The Balaban J connectivity index is 3.41. The number of aliphatic hydroxyl groups is 2. The summed E-state index contributed by atoms with van der Waals surface area (Å²) in [5, 5.41) is 22.0. The predicted molar refractivity (Wildman–Crippen MR) is 123 cm³/mol.